The van der Waals surface area contributed by atoms with Gasteiger partial charge in [-0.25, -0.2) is 4.98 Å². The van der Waals surface area contributed by atoms with E-state index in [9.17, 15) is 4.39 Å². The zero-order chi connectivity index (χ0) is 7.72. The minimum absolute atomic E-state index is 0.0494. The van der Waals surface area contributed by atoms with Crippen LogP contribution in [0.15, 0.2) is 0 Å². The monoisotopic (exact) mass is 180 g/mol. The van der Waals surface area contributed by atoms with Crippen molar-refractivity contribution in [2.75, 3.05) is 0 Å². The predicted octanol–water partition coefficient (Wildman–Crippen LogP) is 2.23. The molecule has 0 saturated carbocycles. The lowest BCUT2D eigenvalue weighted by Gasteiger charge is -1.96. The summed E-state index contributed by atoms with van der Waals surface area (Å²) in [7, 11) is 0. The lowest BCUT2D eigenvalue weighted by Crippen LogP contribution is -1.93. The summed E-state index contributed by atoms with van der Waals surface area (Å²) < 4.78 is 12.2. The fourth-order valence-corrected chi connectivity index (χ4v) is 0.783. The fraction of sp³-hybridized carbons (Fsp3) is 0.200. The van der Waals surface area contributed by atoms with Gasteiger partial charge < -0.3 is 0 Å². The molecular weight excluding hydrogens is 178 g/mol. The van der Waals surface area contributed by atoms with Crippen LogP contribution in [0.5, 0.6) is 0 Å². The zero-order valence-electron chi connectivity index (χ0n) is 5.03. The van der Waals surface area contributed by atoms with Crippen molar-refractivity contribution in [1.29, 1.82) is 0 Å². The molecule has 0 spiro atoms. The van der Waals surface area contributed by atoms with E-state index in [4.69, 9.17) is 23.2 Å². The Balaban J connectivity index is 3.31. The lowest BCUT2D eigenvalue weighted by atomic mass is 10.5. The van der Waals surface area contributed by atoms with Crippen LogP contribution in [0.25, 0.3) is 0 Å². The van der Waals surface area contributed by atoms with Crippen molar-refractivity contribution in [2.24, 2.45) is 0 Å². The Labute approximate surface area is 67.0 Å². The molecule has 0 aliphatic heterocycles. The Morgan fingerprint density at radius 1 is 1.30 bits per heavy atom. The van der Waals surface area contributed by atoms with E-state index in [1.54, 1.807) is 6.92 Å². The lowest BCUT2D eigenvalue weighted by molar-refractivity contribution is 0.535. The van der Waals surface area contributed by atoms with Crippen LogP contribution in [0.4, 0.5) is 4.39 Å². The number of hydrogen-bond acceptors (Lipinski definition) is 2. The highest BCUT2D eigenvalue weighted by atomic mass is 35.5. The van der Waals surface area contributed by atoms with Crippen LogP contribution >= 0.6 is 23.2 Å². The van der Waals surface area contributed by atoms with Gasteiger partial charge in [0.05, 0.1) is 10.7 Å². The van der Waals surface area contributed by atoms with Crippen LogP contribution < -0.4 is 0 Å². The molecule has 1 rings (SSSR count). The van der Waals surface area contributed by atoms with Gasteiger partial charge in [0.1, 0.15) is 0 Å². The second-order valence-corrected chi connectivity index (χ2v) is 2.42. The maximum Gasteiger partial charge on any atom is 0.310 e. The van der Waals surface area contributed by atoms with Gasteiger partial charge in [-0.05, 0) is 6.92 Å². The summed E-state index contributed by atoms with van der Waals surface area (Å²) in [5.74, 6) is 0. The van der Waals surface area contributed by atoms with E-state index in [1.807, 2.05) is 0 Å². The highest BCUT2D eigenvalue weighted by molar-refractivity contribution is 6.41. The molecule has 0 fully saturated rings. The smallest absolute Gasteiger partial charge is 0.206 e. The third-order valence-corrected chi connectivity index (χ3v) is 1.77. The van der Waals surface area contributed by atoms with Crippen molar-refractivity contribution < 1.29 is 4.39 Å². The van der Waals surface area contributed by atoms with Crippen LogP contribution in [0.3, 0.4) is 0 Å². The molecule has 1 aromatic heterocycles. The molecule has 0 N–H and O–H groups in total. The topological polar surface area (TPSA) is 25.8 Å². The fourth-order valence-electron chi connectivity index (χ4n) is 0.492. The second kappa shape index (κ2) is 2.68. The van der Waals surface area contributed by atoms with E-state index in [0.29, 0.717) is 5.69 Å². The van der Waals surface area contributed by atoms with Crippen LogP contribution in [-0.2, 0) is 0 Å². The van der Waals surface area contributed by atoms with E-state index in [1.165, 1.54) is 0 Å². The van der Waals surface area contributed by atoms with Gasteiger partial charge in [0.15, 0.2) is 5.15 Å². The van der Waals surface area contributed by atoms with Crippen molar-refractivity contribution in [2.45, 2.75) is 6.92 Å². The molecule has 1 heterocycles. The molecular formula is C5H3Cl2FN2. The zero-order valence-corrected chi connectivity index (χ0v) is 6.54. The van der Waals surface area contributed by atoms with Crippen LogP contribution in [-0.4, -0.2) is 9.97 Å². The molecule has 0 bridgehead atoms. The van der Waals surface area contributed by atoms with E-state index < -0.39 is 6.08 Å². The summed E-state index contributed by atoms with van der Waals surface area (Å²) >= 11 is 10.9. The normalized spacial score (nSPS) is 10.0. The summed E-state index contributed by atoms with van der Waals surface area (Å²) in [6, 6.07) is 0. The Morgan fingerprint density at radius 3 is 2.40 bits per heavy atom. The first-order chi connectivity index (χ1) is 4.61. The molecule has 1 aromatic rings. The number of rotatable bonds is 0. The van der Waals surface area contributed by atoms with Gasteiger partial charge in [0, 0.05) is 0 Å². The molecule has 0 aliphatic rings. The van der Waals surface area contributed by atoms with Crippen molar-refractivity contribution >= 4 is 23.2 Å². The Bertz CT molecular complexity index is 241. The first kappa shape index (κ1) is 7.69. The van der Waals surface area contributed by atoms with E-state index in [2.05, 4.69) is 9.97 Å². The second-order valence-electron chi connectivity index (χ2n) is 1.68. The quantitative estimate of drug-likeness (QED) is 0.453. The van der Waals surface area contributed by atoms with Gasteiger partial charge in [0.2, 0.25) is 0 Å². The third kappa shape index (κ3) is 1.36. The maximum absolute atomic E-state index is 12.2. The van der Waals surface area contributed by atoms with Gasteiger partial charge in [-0.2, -0.15) is 9.37 Å². The van der Waals surface area contributed by atoms with Gasteiger partial charge >= 0.3 is 6.08 Å². The molecule has 0 aromatic carbocycles. The molecule has 54 valence electrons. The summed E-state index contributed by atoms with van der Waals surface area (Å²) in [5, 5.41) is 0.148. The average molecular weight is 181 g/mol. The first-order valence-electron chi connectivity index (χ1n) is 2.46. The van der Waals surface area contributed by atoms with Gasteiger partial charge in [-0.3, -0.25) is 0 Å². The van der Waals surface area contributed by atoms with Crippen molar-refractivity contribution in [1.82, 2.24) is 9.97 Å². The van der Waals surface area contributed by atoms with Crippen molar-refractivity contribution in [3.05, 3.63) is 21.9 Å². The largest absolute Gasteiger partial charge is 0.310 e. The van der Waals surface area contributed by atoms with E-state index >= 15 is 0 Å². The average Bonchev–Trinajstić information content (AvgIpc) is 1.82. The van der Waals surface area contributed by atoms with Gasteiger partial charge in [-0.15, -0.1) is 0 Å². The highest BCUT2D eigenvalue weighted by Gasteiger charge is 2.05. The van der Waals surface area contributed by atoms with Crippen LogP contribution in [0, 0.1) is 13.0 Å². The van der Waals surface area contributed by atoms with E-state index in [-0.39, 0.29) is 10.2 Å². The summed E-state index contributed by atoms with van der Waals surface area (Å²) in [4.78, 5) is 6.53. The number of halogens is 3. The Morgan fingerprint density at radius 2 is 1.90 bits per heavy atom. The first-order valence-corrected chi connectivity index (χ1v) is 3.22. The number of aryl methyl sites for hydroxylation is 1. The molecule has 0 amide bonds. The van der Waals surface area contributed by atoms with Crippen LogP contribution in [0.2, 0.25) is 10.2 Å². The minimum atomic E-state index is -0.855. The number of aromatic nitrogens is 2. The van der Waals surface area contributed by atoms with Crippen molar-refractivity contribution in [3.63, 3.8) is 0 Å². The molecule has 10 heavy (non-hydrogen) atoms. The van der Waals surface area contributed by atoms with Gasteiger partial charge in [0.25, 0.3) is 0 Å². The Hall–Kier alpha value is -0.410. The Kier molecular flexibility index (Phi) is 2.06. The van der Waals surface area contributed by atoms with Crippen LogP contribution in [0.1, 0.15) is 5.69 Å². The van der Waals surface area contributed by atoms with E-state index in [0.717, 1.165) is 0 Å². The van der Waals surface area contributed by atoms with Crippen molar-refractivity contribution in [3.8, 4) is 0 Å². The SMILES string of the molecule is Cc1nc(F)nc(Cl)c1Cl. The molecule has 2 nitrogen and oxygen atoms in total. The van der Waals surface area contributed by atoms with Gasteiger partial charge in [-0.1, -0.05) is 23.2 Å². The molecule has 0 aliphatic carbocycles. The molecule has 0 atom stereocenters. The third-order valence-electron chi connectivity index (χ3n) is 0.949. The highest BCUT2D eigenvalue weighted by Crippen LogP contribution is 2.20. The number of hydrogen-bond donors (Lipinski definition) is 0. The molecule has 0 unspecified atom stereocenters. The minimum Gasteiger partial charge on any atom is -0.206 e. The summed E-state index contributed by atoms with van der Waals surface area (Å²) in [5.41, 5.74) is 0.346. The molecule has 5 heteroatoms. The molecule has 0 saturated heterocycles. The predicted molar refractivity (Wildman–Crippen MR) is 36.7 cm³/mol. The molecule has 0 radical (unpaired) electrons. The maximum atomic E-state index is 12.2. The summed E-state index contributed by atoms with van der Waals surface area (Å²) in [6.45, 7) is 1.55. The summed E-state index contributed by atoms with van der Waals surface area (Å²) in [6.07, 6.45) is -0.855. The number of nitrogens with zero attached hydrogens (tertiary/aromatic N) is 2. The standard InChI is InChI=1S/C5H3Cl2FN2/c1-2-3(6)4(7)10-5(8)9-2/h1H3.